The second kappa shape index (κ2) is 5.89. The molecule has 0 atom stereocenters. The second-order valence-corrected chi connectivity index (χ2v) is 2.10. The van der Waals surface area contributed by atoms with Crippen molar-refractivity contribution in [2.75, 3.05) is 0 Å². The number of hydrogen-bond donors (Lipinski definition) is 2. The van der Waals surface area contributed by atoms with E-state index >= 15 is 0 Å². The summed E-state index contributed by atoms with van der Waals surface area (Å²) in [6, 6.07) is 2.01. The van der Waals surface area contributed by atoms with Gasteiger partial charge in [0.1, 0.15) is 0 Å². The monoisotopic (exact) mass is 153 g/mol. The number of rotatable bonds is 0. The molecule has 0 saturated carbocycles. The Balaban J connectivity index is 0.000000292. The summed E-state index contributed by atoms with van der Waals surface area (Å²) >= 11 is 0. The van der Waals surface area contributed by atoms with Crippen molar-refractivity contribution in [3.05, 3.63) is 29.6 Å². The van der Waals surface area contributed by atoms with Crippen molar-refractivity contribution >= 4 is 7.69 Å². The molecule has 4 heteroatoms. The molecular formula is C7H12BNO2. The first-order valence-electron chi connectivity index (χ1n) is 3.31. The molecule has 11 heavy (non-hydrogen) atoms. The largest absolute Gasteiger partial charge is 0.432 e. The number of aryl methyl sites for hydroxylation is 2. The van der Waals surface area contributed by atoms with Gasteiger partial charge in [0.25, 0.3) is 0 Å². The highest BCUT2D eigenvalue weighted by Gasteiger charge is 1.84. The summed E-state index contributed by atoms with van der Waals surface area (Å²) in [5.41, 5.74) is 2.56. The minimum atomic E-state index is -0.750. The van der Waals surface area contributed by atoms with Crippen LogP contribution in [0.25, 0.3) is 0 Å². The van der Waals surface area contributed by atoms with Gasteiger partial charge in [0, 0.05) is 12.4 Å². The minimum absolute atomic E-state index is 0.750. The topological polar surface area (TPSA) is 53.4 Å². The molecule has 60 valence electrons. The average Bonchev–Trinajstić information content (AvgIpc) is 1.97. The van der Waals surface area contributed by atoms with Crippen LogP contribution in [0.3, 0.4) is 0 Å². The summed E-state index contributed by atoms with van der Waals surface area (Å²) in [6.45, 7) is 4.14. The van der Waals surface area contributed by atoms with Crippen LogP contribution in [0.15, 0.2) is 18.5 Å². The van der Waals surface area contributed by atoms with Crippen molar-refractivity contribution in [3.8, 4) is 0 Å². The summed E-state index contributed by atoms with van der Waals surface area (Å²) < 4.78 is 0. The molecule has 0 aliphatic rings. The van der Waals surface area contributed by atoms with E-state index < -0.39 is 7.69 Å². The second-order valence-electron chi connectivity index (χ2n) is 2.10. The van der Waals surface area contributed by atoms with Gasteiger partial charge in [0.05, 0.1) is 0 Å². The molecule has 0 aromatic carbocycles. The van der Waals surface area contributed by atoms with Gasteiger partial charge < -0.3 is 10.0 Å². The van der Waals surface area contributed by atoms with E-state index in [1.807, 2.05) is 18.5 Å². The van der Waals surface area contributed by atoms with Crippen LogP contribution in [0.5, 0.6) is 0 Å². The fourth-order valence-corrected chi connectivity index (χ4v) is 0.543. The molecule has 0 spiro atoms. The fraction of sp³-hybridized carbons (Fsp3) is 0.286. The molecule has 0 unspecified atom stereocenters. The summed E-state index contributed by atoms with van der Waals surface area (Å²) in [4.78, 5) is 3.95. The summed E-state index contributed by atoms with van der Waals surface area (Å²) in [7, 11) is -0.750. The van der Waals surface area contributed by atoms with Crippen LogP contribution in [0.2, 0.25) is 0 Å². The lowest BCUT2D eigenvalue weighted by molar-refractivity contribution is 0.448. The average molecular weight is 153 g/mol. The molecule has 0 amide bonds. The number of hydrogen-bond acceptors (Lipinski definition) is 3. The molecule has 2 N–H and O–H groups in total. The molecule has 0 aliphatic carbocycles. The Bertz CT molecular complexity index is 184. The van der Waals surface area contributed by atoms with E-state index in [-0.39, 0.29) is 0 Å². The number of pyridine rings is 1. The molecule has 0 radical (unpaired) electrons. The van der Waals surface area contributed by atoms with E-state index in [2.05, 4.69) is 18.8 Å². The molecule has 1 rings (SSSR count). The maximum atomic E-state index is 7.12. The van der Waals surface area contributed by atoms with Crippen molar-refractivity contribution in [2.24, 2.45) is 0 Å². The van der Waals surface area contributed by atoms with Crippen LogP contribution >= 0.6 is 0 Å². The van der Waals surface area contributed by atoms with Crippen LogP contribution in [0.4, 0.5) is 0 Å². The molecule has 0 fully saturated rings. The first-order valence-corrected chi connectivity index (χ1v) is 3.31. The maximum absolute atomic E-state index is 7.12. The Morgan fingerprint density at radius 3 is 2.09 bits per heavy atom. The van der Waals surface area contributed by atoms with Crippen LogP contribution in [-0.4, -0.2) is 22.7 Å². The maximum Gasteiger partial charge on any atom is 0.432 e. The Kier molecular flexibility index (Phi) is 5.42. The van der Waals surface area contributed by atoms with Crippen molar-refractivity contribution in [1.29, 1.82) is 0 Å². The molecule has 1 aromatic rings. The van der Waals surface area contributed by atoms with Crippen molar-refractivity contribution < 1.29 is 10.0 Å². The van der Waals surface area contributed by atoms with E-state index in [4.69, 9.17) is 10.0 Å². The highest BCUT2D eigenvalue weighted by molar-refractivity contribution is 6.13. The first-order chi connectivity index (χ1) is 5.22. The van der Waals surface area contributed by atoms with Gasteiger partial charge in [-0.05, 0) is 31.0 Å². The third-order valence-electron chi connectivity index (χ3n) is 1.30. The molecule has 0 bridgehead atoms. The lowest BCUT2D eigenvalue weighted by Crippen LogP contribution is -1.78. The van der Waals surface area contributed by atoms with Crippen LogP contribution in [-0.2, 0) is 0 Å². The van der Waals surface area contributed by atoms with Crippen molar-refractivity contribution in [3.63, 3.8) is 0 Å². The highest BCUT2D eigenvalue weighted by atomic mass is 16.4. The van der Waals surface area contributed by atoms with Gasteiger partial charge in [0.2, 0.25) is 0 Å². The minimum Gasteiger partial charge on any atom is -0.430 e. The zero-order chi connectivity index (χ0) is 8.69. The molecule has 1 heterocycles. The lowest BCUT2D eigenvalue weighted by atomic mass is 10.2. The summed E-state index contributed by atoms with van der Waals surface area (Å²) in [5, 5.41) is 14.2. The molecule has 0 saturated heterocycles. The number of aromatic nitrogens is 1. The Morgan fingerprint density at radius 1 is 1.27 bits per heavy atom. The highest BCUT2D eigenvalue weighted by Crippen LogP contribution is 2.00. The Hall–Kier alpha value is -0.865. The standard InChI is InChI=1S/C7H9N.BH3O2/c1-6-3-4-8-5-7(6)2;2-1-3/h3-5H,1-2H3;1-3H. The van der Waals surface area contributed by atoms with E-state index in [0.717, 1.165) is 0 Å². The van der Waals surface area contributed by atoms with Gasteiger partial charge in [-0.25, -0.2) is 0 Å². The van der Waals surface area contributed by atoms with Crippen LogP contribution in [0, 0.1) is 13.8 Å². The normalized spacial score (nSPS) is 8.00. The SMILES string of the molecule is Cc1ccncc1C.OBO. The molecular weight excluding hydrogens is 141 g/mol. The van der Waals surface area contributed by atoms with Gasteiger partial charge in [-0.1, -0.05) is 0 Å². The van der Waals surface area contributed by atoms with Crippen LogP contribution in [0.1, 0.15) is 11.1 Å². The van der Waals surface area contributed by atoms with E-state index in [0.29, 0.717) is 0 Å². The van der Waals surface area contributed by atoms with E-state index in [9.17, 15) is 0 Å². The van der Waals surface area contributed by atoms with E-state index in [1.54, 1.807) is 0 Å². The van der Waals surface area contributed by atoms with Gasteiger partial charge in [-0.15, -0.1) is 0 Å². The molecule has 0 aliphatic heterocycles. The van der Waals surface area contributed by atoms with Crippen molar-refractivity contribution in [1.82, 2.24) is 4.98 Å². The van der Waals surface area contributed by atoms with Gasteiger partial charge in [0.15, 0.2) is 0 Å². The number of nitrogens with zero attached hydrogens (tertiary/aromatic N) is 1. The quantitative estimate of drug-likeness (QED) is 0.513. The van der Waals surface area contributed by atoms with Gasteiger partial charge in [-0.3, -0.25) is 4.98 Å². The summed E-state index contributed by atoms with van der Waals surface area (Å²) in [6.07, 6.45) is 3.68. The Morgan fingerprint density at radius 2 is 1.82 bits per heavy atom. The lowest BCUT2D eigenvalue weighted by Gasteiger charge is -1.92. The third-order valence-corrected chi connectivity index (χ3v) is 1.30. The predicted molar refractivity (Wildman–Crippen MR) is 45.3 cm³/mol. The van der Waals surface area contributed by atoms with Gasteiger partial charge >= 0.3 is 7.69 Å². The van der Waals surface area contributed by atoms with Gasteiger partial charge in [-0.2, -0.15) is 0 Å². The predicted octanol–water partition coefficient (Wildman–Crippen LogP) is -0.0641. The molecule has 1 aromatic heterocycles. The zero-order valence-electron chi connectivity index (χ0n) is 6.78. The van der Waals surface area contributed by atoms with Crippen molar-refractivity contribution in [2.45, 2.75) is 13.8 Å². The third kappa shape index (κ3) is 4.53. The fourth-order valence-electron chi connectivity index (χ4n) is 0.543. The molecule has 3 nitrogen and oxygen atoms in total. The summed E-state index contributed by atoms with van der Waals surface area (Å²) in [5.74, 6) is 0. The smallest absolute Gasteiger partial charge is 0.430 e. The first kappa shape index (κ1) is 10.1. The van der Waals surface area contributed by atoms with Crippen LogP contribution < -0.4 is 0 Å². The zero-order valence-corrected chi connectivity index (χ0v) is 6.78. The Labute approximate surface area is 67.0 Å². The van der Waals surface area contributed by atoms with E-state index in [1.165, 1.54) is 11.1 Å².